The lowest BCUT2D eigenvalue weighted by Crippen LogP contribution is -2.46. The summed E-state index contributed by atoms with van der Waals surface area (Å²) in [5, 5.41) is 19.1. The number of anilines is 1. The molecular weight excluding hydrogens is 260 g/mol. The monoisotopic (exact) mass is 278 g/mol. The number of hydrogen-bond donors (Lipinski definition) is 2. The van der Waals surface area contributed by atoms with E-state index in [0.717, 1.165) is 19.4 Å². The molecule has 0 aliphatic carbocycles. The lowest BCUT2D eigenvalue weighted by Gasteiger charge is -2.27. The van der Waals surface area contributed by atoms with Crippen molar-refractivity contribution in [3.8, 4) is 0 Å². The van der Waals surface area contributed by atoms with E-state index in [0.29, 0.717) is 5.95 Å². The van der Waals surface area contributed by atoms with E-state index in [1.807, 2.05) is 4.90 Å². The van der Waals surface area contributed by atoms with Gasteiger partial charge in [-0.1, -0.05) is 0 Å². The van der Waals surface area contributed by atoms with Crippen LogP contribution < -0.4 is 4.90 Å². The Labute approximate surface area is 116 Å². The summed E-state index contributed by atoms with van der Waals surface area (Å²) < 4.78 is 0. The summed E-state index contributed by atoms with van der Waals surface area (Å²) in [6.07, 6.45) is 3.29. The Kier molecular flexibility index (Phi) is 3.54. The van der Waals surface area contributed by atoms with E-state index in [1.54, 1.807) is 18.5 Å². The van der Waals surface area contributed by atoms with Crippen LogP contribution in [0.5, 0.6) is 0 Å². The number of amides is 1. The molecule has 2 aliphatic rings. The van der Waals surface area contributed by atoms with Gasteiger partial charge in [-0.05, 0) is 18.9 Å². The maximum Gasteiger partial charge on any atom is 0.245 e. The Balaban J connectivity index is 1.74. The average molecular weight is 278 g/mol. The number of β-amino-alcohol motifs (C(OH)–C–C–N with tert-alkyl or cyclic N) is 2. The molecule has 1 unspecified atom stereocenters. The quantitative estimate of drug-likeness (QED) is 0.722. The van der Waals surface area contributed by atoms with Crippen molar-refractivity contribution in [1.82, 2.24) is 14.9 Å². The van der Waals surface area contributed by atoms with Crippen molar-refractivity contribution in [3.05, 3.63) is 18.5 Å². The molecule has 0 bridgehead atoms. The zero-order chi connectivity index (χ0) is 14.1. The highest BCUT2D eigenvalue weighted by Gasteiger charge is 2.40. The molecule has 3 atom stereocenters. The molecule has 0 saturated carbocycles. The van der Waals surface area contributed by atoms with Crippen LogP contribution in [0.2, 0.25) is 0 Å². The maximum atomic E-state index is 12.5. The van der Waals surface area contributed by atoms with Gasteiger partial charge in [-0.15, -0.1) is 0 Å². The Morgan fingerprint density at radius 2 is 1.85 bits per heavy atom. The molecule has 3 heterocycles. The Morgan fingerprint density at radius 1 is 1.20 bits per heavy atom. The summed E-state index contributed by atoms with van der Waals surface area (Å²) in [7, 11) is 0. The predicted molar refractivity (Wildman–Crippen MR) is 71.0 cm³/mol. The predicted octanol–water partition coefficient (Wildman–Crippen LogP) is -0.991. The molecule has 1 aromatic rings. The van der Waals surface area contributed by atoms with Crippen LogP contribution in [0.4, 0.5) is 5.95 Å². The van der Waals surface area contributed by atoms with Crippen molar-refractivity contribution in [2.24, 2.45) is 0 Å². The van der Waals surface area contributed by atoms with Gasteiger partial charge in [0.15, 0.2) is 0 Å². The molecule has 2 fully saturated rings. The van der Waals surface area contributed by atoms with Gasteiger partial charge >= 0.3 is 0 Å². The molecule has 1 aromatic heterocycles. The molecule has 1 amide bonds. The van der Waals surface area contributed by atoms with Crippen LogP contribution in [-0.2, 0) is 4.79 Å². The van der Waals surface area contributed by atoms with E-state index < -0.39 is 12.2 Å². The van der Waals surface area contributed by atoms with E-state index in [4.69, 9.17) is 0 Å². The zero-order valence-electron chi connectivity index (χ0n) is 11.1. The SMILES string of the molecule is O=C(C1CCCN1c1ncccn1)N1C[C@@H](O)[C@@H](O)C1. The van der Waals surface area contributed by atoms with Crippen LogP contribution in [0.3, 0.4) is 0 Å². The topological polar surface area (TPSA) is 89.8 Å². The third-order valence-corrected chi connectivity index (χ3v) is 3.92. The Morgan fingerprint density at radius 3 is 2.50 bits per heavy atom. The molecule has 3 rings (SSSR count). The van der Waals surface area contributed by atoms with Gasteiger partial charge in [-0.3, -0.25) is 4.79 Å². The zero-order valence-corrected chi connectivity index (χ0v) is 11.1. The summed E-state index contributed by atoms with van der Waals surface area (Å²) in [5.74, 6) is 0.495. The summed E-state index contributed by atoms with van der Waals surface area (Å²) in [4.78, 5) is 24.4. The minimum absolute atomic E-state index is 0.0643. The van der Waals surface area contributed by atoms with Crippen LogP contribution in [0.25, 0.3) is 0 Å². The first kappa shape index (κ1) is 13.3. The first-order chi connectivity index (χ1) is 9.66. The number of rotatable bonds is 2. The van der Waals surface area contributed by atoms with Gasteiger partial charge in [0, 0.05) is 32.0 Å². The van der Waals surface area contributed by atoms with Crippen molar-refractivity contribution in [3.63, 3.8) is 0 Å². The number of likely N-dealkylation sites (tertiary alicyclic amines) is 1. The number of carbonyl (C=O) groups is 1. The highest BCUT2D eigenvalue weighted by molar-refractivity contribution is 5.85. The summed E-state index contributed by atoms with van der Waals surface area (Å²) in [5.41, 5.74) is 0. The minimum atomic E-state index is -0.846. The summed E-state index contributed by atoms with van der Waals surface area (Å²) in [6, 6.07) is 1.44. The normalized spacial score (nSPS) is 30.0. The van der Waals surface area contributed by atoms with E-state index in [9.17, 15) is 15.0 Å². The molecule has 20 heavy (non-hydrogen) atoms. The summed E-state index contributed by atoms with van der Waals surface area (Å²) in [6.45, 7) is 1.14. The molecule has 2 saturated heterocycles. The molecule has 0 aromatic carbocycles. The second kappa shape index (κ2) is 5.34. The third kappa shape index (κ3) is 2.34. The molecule has 108 valence electrons. The van der Waals surface area contributed by atoms with Gasteiger partial charge in [0.2, 0.25) is 11.9 Å². The largest absolute Gasteiger partial charge is 0.388 e. The van der Waals surface area contributed by atoms with Gasteiger partial charge < -0.3 is 20.0 Å². The Bertz CT molecular complexity index is 474. The molecule has 0 radical (unpaired) electrons. The van der Waals surface area contributed by atoms with Crippen LogP contribution in [0, 0.1) is 0 Å². The highest BCUT2D eigenvalue weighted by Crippen LogP contribution is 2.24. The average Bonchev–Trinajstić information content (AvgIpc) is 3.07. The van der Waals surface area contributed by atoms with Crippen LogP contribution >= 0.6 is 0 Å². The van der Waals surface area contributed by atoms with Gasteiger partial charge in [-0.25, -0.2) is 9.97 Å². The minimum Gasteiger partial charge on any atom is -0.388 e. The highest BCUT2D eigenvalue weighted by atomic mass is 16.3. The number of aliphatic hydroxyl groups excluding tert-OH is 2. The van der Waals surface area contributed by atoms with E-state index in [-0.39, 0.29) is 25.0 Å². The molecule has 7 nitrogen and oxygen atoms in total. The van der Waals surface area contributed by atoms with Crippen molar-refractivity contribution >= 4 is 11.9 Å². The third-order valence-electron chi connectivity index (χ3n) is 3.92. The van der Waals surface area contributed by atoms with Crippen molar-refractivity contribution in [2.45, 2.75) is 31.1 Å². The van der Waals surface area contributed by atoms with Gasteiger partial charge in [0.1, 0.15) is 6.04 Å². The number of nitrogens with zero attached hydrogens (tertiary/aromatic N) is 4. The number of carbonyl (C=O) groups excluding carboxylic acids is 1. The van der Waals surface area contributed by atoms with E-state index >= 15 is 0 Å². The van der Waals surface area contributed by atoms with Crippen LogP contribution in [0.15, 0.2) is 18.5 Å². The molecule has 2 aliphatic heterocycles. The van der Waals surface area contributed by atoms with Crippen LogP contribution in [0.1, 0.15) is 12.8 Å². The van der Waals surface area contributed by atoms with E-state index in [2.05, 4.69) is 9.97 Å². The van der Waals surface area contributed by atoms with Gasteiger partial charge in [0.25, 0.3) is 0 Å². The fourth-order valence-corrected chi connectivity index (χ4v) is 2.86. The first-order valence-corrected chi connectivity index (χ1v) is 6.85. The smallest absolute Gasteiger partial charge is 0.245 e. The maximum absolute atomic E-state index is 12.5. The lowest BCUT2D eigenvalue weighted by molar-refractivity contribution is -0.131. The molecule has 7 heteroatoms. The Hall–Kier alpha value is -1.73. The van der Waals surface area contributed by atoms with E-state index in [1.165, 1.54) is 4.90 Å². The number of aliphatic hydroxyl groups is 2. The first-order valence-electron chi connectivity index (χ1n) is 6.85. The van der Waals surface area contributed by atoms with Crippen molar-refractivity contribution in [1.29, 1.82) is 0 Å². The van der Waals surface area contributed by atoms with Gasteiger partial charge in [-0.2, -0.15) is 0 Å². The van der Waals surface area contributed by atoms with Crippen LogP contribution in [-0.4, -0.2) is 68.9 Å². The van der Waals surface area contributed by atoms with Gasteiger partial charge in [0.05, 0.1) is 12.2 Å². The molecular formula is C13H18N4O3. The van der Waals surface area contributed by atoms with Crippen molar-refractivity contribution < 1.29 is 15.0 Å². The molecule has 2 N–H and O–H groups in total. The van der Waals surface area contributed by atoms with Crippen molar-refractivity contribution in [2.75, 3.05) is 24.5 Å². The fraction of sp³-hybridized carbons (Fsp3) is 0.615. The standard InChI is InChI=1S/C13H18N4O3/c18-10-7-16(8-11(10)19)12(20)9-3-1-6-17(9)13-14-4-2-5-15-13/h2,4-5,9-11,18-19H,1,3,6-8H2/t9?,10-,11+. The number of aromatic nitrogens is 2. The second-order valence-electron chi connectivity index (χ2n) is 5.28. The lowest BCUT2D eigenvalue weighted by atomic mass is 10.2. The number of hydrogen-bond acceptors (Lipinski definition) is 6. The molecule has 0 spiro atoms. The summed E-state index contributed by atoms with van der Waals surface area (Å²) >= 11 is 0. The second-order valence-corrected chi connectivity index (χ2v) is 5.28. The fourth-order valence-electron chi connectivity index (χ4n) is 2.86.